The highest BCUT2D eigenvalue weighted by Crippen LogP contribution is 2.17. The largest absolute Gasteiger partial charge is 0.393 e. The Hall–Kier alpha value is -0.610. The molecular formula is C8H16N2O2. The maximum Gasteiger partial charge on any atom is 0.231 e. The molecule has 1 aliphatic carbocycles. The first-order chi connectivity index (χ1) is 5.68. The number of rotatable bonds is 3. The lowest BCUT2D eigenvalue weighted by Crippen LogP contribution is -2.39. The van der Waals surface area contributed by atoms with Gasteiger partial charge in [-0.2, -0.15) is 0 Å². The Kier molecular flexibility index (Phi) is 3.49. The number of carbonyl (C=O) groups is 1. The molecule has 1 aliphatic rings. The van der Waals surface area contributed by atoms with E-state index in [0.717, 1.165) is 25.7 Å². The van der Waals surface area contributed by atoms with E-state index in [1.54, 1.807) is 0 Å². The molecule has 0 aliphatic heterocycles. The van der Waals surface area contributed by atoms with Crippen LogP contribution in [0.4, 0.5) is 0 Å². The van der Waals surface area contributed by atoms with Crippen LogP contribution in [0.15, 0.2) is 0 Å². The van der Waals surface area contributed by atoms with E-state index < -0.39 is 0 Å². The summed E-state index contributed by atoms with van der Waals surface area (Å²) in [7, 11) is 0. The Labute approximate surface area is 72.1 Å². The zero-order valence-corrected chi connectivity index (χ0v) is 7.12. The van der Waals surface area contributed by atoms with Crippen molar-refractivity contribution in [3.63, 3.8) is 0 Å². The number of aliphatic hydroxyl groups excluding tert-OH is 1. The standard InChI is InChI=1S/C8H16N2O2/c9-8(12)5-10-6-1-3-7(11)4-2-6/h6-7,10-11H,1-5H2,(H2,9,12)/t6-,7-. The van der Waals surface area contributed by atoms with Crippen molar-refractivity contribution in [3.8, 4) is 0 Å². The number of nitrogens with two attached hydrogens (primary N) is 1. The van der Waals surface area contributed by atoms with Crippen LogP contribution in [-0.2, 0) is 4.79 Å². The molecule has 0 aromatic carbocycles. The van der Waals surface area contributed by atoms with Crippen LogP contribution in [0.5, 0.6) is 0 Å². The van der Waals surface area contributed by atoms with E-state index in [9.17, 15) is 9.90 Å². The highest BCUT2D eigenvalue weighted by molar-refractivity contribution is 5.75. The van der Waals surface area contributed by atoms with Gasteiger partial charge in [-0.15, -0.1) is 0 Å². The first-order valence-corrected chi connectivity index (χ1v) is 4.38. The van der Waals surface area contributed by atoms with Crippen molar-refractivity contribution in [3.05, 3.63) is 0 Å². The van der Waals surface area contributed by atoms with Crippen LogP contribution in [0.2, 0.25) is 0 Å². The third kappa shape index (κ3) is 3.19. The van der Waals surface area contributed by atoms with Crippen LogP contribution in [0.25, 0.3) is 0 Å². The molecule has 70 valence electrons. The van der Waals surface area contributed by atoms with Gasteiger partial charge in [0.25, 0.3) is 0 Å². The molecule has 0 radical (unpaired) electrons. The van der Waals surface area contributed by atoms with Gasteiger partial charge in [-0.3, -0.25) is 4.79 Å². The minimum atomic E-state index is -0.318. The highest BCUT2D eigenvalue weighted by Gasteiger charge is 2.18. The number of primary amides is 1. The summed E-state index contributed by atoms with van der Waals surface area (Å²) in [5.41, 5.74) is 4.99. The van der Waals surface area contributed by atoms with Crippen molar-refractivity contribution >= 4 is 5.91 Å². The SMILES string of the molecule is NC(=O)CN[C@H]1CC[C@H](O)CC1. The second-order valence-corrected chi connectivity index (χ2v) is 3.35. The number of hydrogen-bond donors (Lipinski definition) is 3. The lowest BCUT2D eigenvalue weighted by atomic mass is 9.93. The Balaban J connectivity index is 2.13. The van der Waals surface area contributed by atoms with E-state index in [1.807, 2.05) is 0 Å². The highest BCUT2D eigenvalue weighted by atomic mass is 16.3. The van der Waals surface area contributed by atoms with Gasteiger partial charge in [0.15, 0.2) is 0 Å². The molecule has 0 saturated heterocycles. The Morgan fingerprint density at radius 3 is 2.50 bits per heavy atom. The van der Waals surface area contributed by atoms with E-state index in [4.69, 9.17) is 5.73 Å². The molecule has 0 bridgehead atoms. The van der Waals surface area contributed by atoms with Crippen molar-refractivity contribution in [1.29, 1.82) is 0 Å². The Morgan fingerprint density at radius 2 is 2.00 bits per heavy atom. The van der Waals surface area contributed by atoms with E-state index in [-0.39, 0.29) is 18.6 Å². The Morgan fingerprint density at radius 1 is 1.42 bits per heavy atom. The molecule has 0 heterocycles. The summed E-state index contributed by atoms with van der Waals surface area (Å²) in [6, 6.07) is 0.362. The molecule has 0 aromatic rings. The van der Waals surface area contributed by atoms with E-state index in [2.05, 4.69) is 5.32 Å². The molecule has 1 amide bonds. The number of amides is 1. The quantitative estimate of drug-likeness (QED) is 0.530. The van der Waals surface area contributed by atoms with Crippen molar-refractivity contribution < 1.29 is 9.90 Å². The molecule has 0 unspecified atom stereocenters. The lowest BCUT2D eigenvalue weighted by molar-refractivity contribution is -0.117. The van der Waals surface area contributed by atoms with Crippen LogP contribution in [-0.4, -0.2) is 29.7 Å². The minimum Gasteiger partial charge on any atom is -0.393 e. The second-order valence-electron chi connectivity index (χ2n) is 3.35. The van der Waals surface area contributed by atoms with Gasteiger partial charge in [-0.05, 0) is 25.7 Å². The average Bonchev–Trinajstić information content (AvgIpc) is 2.03. The molecule has 0 atom stereocenters. The van der Waals surface area contributed by atoms with Gasteiger partial charge < -0.3 is 16.2 Å². The number of hydrogen-bond acceptors (Lipinski definition) is 3. The summed E-state index contributed by atoms with van der Waals surface area (Å²) in [5, 5.41) is 12.2. The van der Waals surface area contributed by atoms with Gasteiger partial charge >= 0.3 is 0 Å². The average molecular weight is 172 g/mol. The molecular weight excluding hydrogens is 156 g/mol. The molecule has 1 saturated carbocycles. The first-order valence-electron chi connectivity index (χ1n) is 4.38. The van der Waals surface area contributed by atoms with Crippen molar-refractivity contribution in [2.24, 2.45) is 5.73 Å². The van der Waals surface area contributed by atoms with Gasteiger partial charge in [-0.1, -0.05) is 0 Å². The fraction of sp³-hybridized carbons (Fsp3) is 0.875. The Bertz CT molecular complexity index is 153. The van der Waals surface area contributed by atoms with Crippen molar-refractivity contribution in [1.82, 2.24) is 5.32 Å². The summed E-state index contributed by atoms with van der Waals surface area (Å²) in [4.78, 5) is 10.4. The molecule has 4 nitrogen and oxygen atoms in total. The first kappa shape index (κ1) is 9.48. The van der Waals surface area contributed by atoms with Gasteiger partial charge in [-0.25, -0.2) is 0 Å². The fourth-order valence-corrected chi connectivity index (χ4v) is 1.52. The smallest absolute Gasteiger partial charge is 0.231 e. The summed E-state index contributed by atoms with van der Waals surface area (Å²) >= 11 is 0. The predicted molar refractivity (Wildman–Crippen MR) is 45.5 cm³/mol. The van der Waals surface area contributed by atoms with Crippen LogP contribution in [0, 0.1) is 0 Å². The van der Waals surface area contributed by atoms with E-state index in [0.29, 0.717) is 6.04 Å². The third-order valence-corrected chi connectivity index (χ3v) is 2.26. The van der Waals surface area contributed by atoms with Gasteiger partial charge in [0.2, 0.25) is 5.91 Å². The lowest BCUT2D eigenvalue weighted by Gasteiger charge is -2.25. The van der Waals surface area contributed by atoms with Gasteiger partial charge in [0.05, 0.1) is 12.6 Å². The second kappa shape index (κ2) is 4.42. The number of nitrogens with one attached hydrogen (secondary N) is 1. The summed E-state index contributed by atoms with van der Waals surface area (Å²) < 4.78 is 0. The monoisotopic (exact) mass is 172 g/mol. The van der Waals surface area contributed by atoms with Gasteiger partial charge in [0.1, 0.15) is 0 Å². The third-order valence-electron chi connectivity index (χ3n) is 2.26. The maximum absolute atomic E-state index is 10.4. The molecule has 4 heteroatoms. The topological polar surface area (TPSA) is 75.4 Å². The fourth-order valence-electron chi connectivity index (χ4n) is 1.52. The minimum absolute atomic E-state index is 0.142. The molecule has 0 spiro atoms. The zero-order valence-electron chi connectivity index (χ0n) is 7.12. The van der Waals surface area contributed by atoms with Crippen LogP contribution in [0.3, 0.4) is 0 Å². The van der Waals surface area contributed by atoms with Crippen molar-refractivity contribution in [2.45, 2.75) is 37.8 Å². The molecule has 1 fully saturated rings. The van der Waals surface area contributed by atoms with Crippen LogP contribution >= 0.6 is 0 Å². The molecule has 12 heavy (non-hydrogen) atoms. The molecule has 0 aromatic heterocycles. The number of aliphatic hydroxyl groups is 1. The molecule has 1 rings (SSSR count). The predicted octanol–water partition coefficient (Wildman–Crippen LogP) is -0.635. The normalized spacial score (nSPS) is 30.1. The van der Waals surface area contributed by atoms with Crippen molar-refractivity contribution in [2.75, 3.05) is 6.54 Å². The summed E-state index contributed by atoms with van der Waals surface area (Å²) in [5.74, 6) is -0.318. The van der Waals surface area contributed by atoms with E-state index >= 15 is 0 Å². The maximum atomic E-state index is 10.4. The van der Waals surface area contributed by atoms with Crippen LogP contribution in [0.1, 0.15) is 25.7 Å². The molecule has 4 N–H and O–H groups in total. The van der Waals surface area contributed by atoms with E-state index in [1.165, 1.54) is 0 Å². The summed E-state index contributed by atoms with van der Waals surface area (Å²) in [6.45, 7) is 0.251. The summed E-state index contributed by atoms with van der Waals surface area (Å²) in [6.07, 6.45) is 3.40. The number of carbonyl (C=O) groups excluding carboxylic acids is 1. The van der Waals surface area contributed by atoms with Gasteiger partial charge in [0, 0.05) is 6.04 Å². The van der Waals surface area contributed by atoms with Crippen LogP contribution < -0.4 is 11.1 Å². The zero-order chi connectivity index (χ0) is 8.97.